The van der Waals surface area contributed by atoms with E-state index in [1.165, 1.54) is 17.3 Å². The van der Waals surface area contributed by atoms with Gasteiger partial charge in [0, 0.05) is 6.54 Å². The van der Waals surface area contributed by atoms with Crippen molar-refractivity contribution in [3.8, 4) is 17.2 Å². The number of nitrogens with zero attached hydrogens (tertiary/aromatic N) is 4. The van der Waals surface area contributed by atoms with Crippen LogP contribution in [0.5, 0.6) is 11.5 Å². The van der Waals surface area contributed by atoms with Crippen molar-refractivity contribution >= 4 is 17.7 Å². The second-order valence-corrected chi connectivity index (χ2v) is 9.15. The number of aryl methyl sites for hydroxylation is 2. The SMILES string of the molecule is Cc1ccc(C)c(-n2cnnc2SCC(=O)N2CCC[C@H]2c2ccc3c(c2)OCCO3)c1. The Bertz CT molecular complexity index is 1150. The second kappa shape index (κ2) is 8.86. The molecule has 0 N–H and O–H groups in total. The Kier molecular flexibility index (Phi) is 5.78. The first-order chi connectivity index (χ1) is 15.6. The first-order valence-electron chi connectivity index (χ1n) is 10.9. The molecule has 1 amide bonds. The van der Waals surface area contributed by atoms with Crippen LogP contribution in [0, 0.1) is 13.8 Å². The Morgan fingerprint density at radius 2 is 1.97 bits per heavy atom. The van der Waals surface area contributed by atoms with E-state index < -0.39 is 0 Å². The van der Waals surface area contributed by atoms with E-state index in [-0.39, 0.29) is 11.9 Å². The van der Waals surface area contributed by atoms with E-state index in [4.69, 9.17) is 9.47 Å². The van der Waals surface area contributed by atoms with Gasteiger partial charge in [-0.15, -0.1) is 10.2 Å². The van der Waals surface area contributed by atoms with Gasteiger partial charge in [-0.05, 0) is 61.6 Å². The van der Waals surface area contributed by atoms with Gasteiger partial charge in [-0.3, -0.25) is 9.36 Å². The molecule has 0 aliphatic carbocycles. The van der Waals surface area contributed by atoms with Crippen molar-refractivity contribution < 1.29 is 14.3 Å². The molecule has 2 aliphatic rings. The molecule has 0 radical (unpaired) electrons. The summed E-state index contributed by atoms with van der Waals surface area (Å²) in [5.74, 6) is 1.98. The van der Waals surface area contributed by atoms with Crippen LogP contribution < -0.4 is 9.47 Å². The molecule has 8 heteroatoms. The average molecular weight is 451 g/mol. The normalized spacial score (nSPS) is 17.6. The van der Waals surface area contributed by atoms with Gasteiger partial charge in [-0.1, -0.05) is 30.0 Å². The van der Waals surface area contributed by atoms with Gasteiger partial charge in [-0.2, -0.15) is 0 Å². The van der Waals surface area contributed by atoms with Crippen LogP contribution in [0.3, 0.4) is 0 Å². The number of carbonyl (C=O) groups excluding carboxylic acids is 1. The average Bonchev–Trinajstić information content (AvgIpc) is 3.48. The van der Waals surface area contributed by atoms with Gasteiger partial charge in [0.15, 0.2) is 16.7 Å². The summed E-state index contributed by atoms with van der Waals surface area (Å²) in [5.41, 5.74) is 4.45. The molecular formula is C24H26N4O3S. The molecule has 2 aromatic carbocycles. The first-order valence-corrected chi connectivity index (χ1v) is 11.9. The van der Waals surface area contributed by atoms with Crippen molar-refractivity contribution in [2.24, 2.45) is 0 Å². The first kappa shape index (κ1) is 20.9. The van der Waals surface area contributed by atoms with Crippen LogP contribution in [-0.2, 0) is 4.79 Å². The fourth-order valence-electron chi connectivity index (χ4n) is 4.36. The van der Waals surface area contributed by atoms with E-state index >= 15 is 0 Å². The summed E-state index contributed by atoms with van der Waals surface area (Å²) in [6.07, 6.45) is 3.66. The summed E-state index contributed by atoms with van der Waals surface area (Å²) < 4.78 is 13.3. The van der Waals surface area contributed by atoms with Gasteiger partial charge in [0.1, 0.15) is 19.5 Å². The van der Waals surface area contributed by atoms with Crippen LogP contribution in [0.1, 0.15) is 35.6 Å². The molecule has 1 atom stereocenters. The number of hydrogen-bond donors (Lipinski definition) is 0. The highest BCUT2D eigenvalue weighted by atomic mass is 32.2. The zero-order chi connectivity index (χ0) is 22.1. The van der Waals surface area contributed by atoms with E-state index in [1.807, 2.05) is 27.7 Å². The van der Waals surface area contributed by atoms with Gasteiger partial charge in [0.2, 0.25) is 5.91 Å². The second-order valence-electron chi connectivity index (χ2n) is 8.21. The summed E-state index contributed by atoms with van der Waals surface area (Å²) in [6.45, 7) is 6.03. The van der Waals surface area contributed by atoms with E-state index in [1.54, 1.807) is 6.33 Å². The largest absolute Gasteiger partial charge is 0.486 e. The third-order valence-electron chi connectivity index (χ3n) is 5.99. The van der Waals surface area contributed by atoms with Crippen molar-refractivity contribution in [1.82, 2.24) is 19.7 Å². The molecule has 0 unspecified atom stereocenters. The van der Waals surface area contributed by atoms with Crippen LogP contribution >= 0.6 is 11.8 Å². The number of benzene rings is 2. The van der Waals surface area contributed by atoms with Crippen molar-refractivity contribution in [2.75, 3.05) is 25.5 Å². The van der Waals surface area contributed by atoms with E-state index in [9.17, 15) is 4.79 Å². The van der Waals surface area contributed by atoms with E-state index in [0.717, 1.165) is 52.9 Å². The summed E-state index contributed by atoms with van der Waals surface area (Å²) in [5, 5.41) is 9.08. The quantitative estimate of drug-likeness (QED) is 0.545. The van der Waals surface area contributed by atoms with Crippen LogP contribution in [-0.4, -0.2) is 51.1 Å². The minimum absolute atomic E-state index is 0.0656. The molecule has 7 nitrogen and oxygen atoms in total. The van der Waals surface area contributed by atoms with Crippen molar-refractivity contribution in [2.45, 2.75) is 37.9 Å². The zero-order valence-corrected chi connectivity index (χ0v) is 19.1. The molecule has 1 saturated heterocycles. The summed E-state index contributed by atoms with van der Waals surface area (Å²) in [7, 11) is 0. The van der Waals surface area contributed by atoms with Crippen molar-refractivity contribution in [1.29, 1.82) is 0 Å². The predicted molar refractivity (Wildman–Crippen MR) is 123 cm³/mol. The molecule has 0 spiro atoms. The number of fused-ring (bicyclic) bond motifs is 1. The fraction of sp³-hybridized carbons (Fsp3) is 0.375. The standard InChI is InChI=1S/C24H26N4O3S/c1-16-5-6-17(2)20(12-16)28-15-25-26-24(28)32-14-23(29)27-9-3-4-19(27)18-7-8-21-22(13-18)31-11-10-30-21/h5-8,12-13,15,19H,3-4,9-11,14H2,1-2H3/t19-/m0/s1. The maximum atomic E-state index is 13.2. The summed E-state index contributed by atoms with van der Waals surface area (Å²) >= 11 is 1.43. The Morgan fingerprint density at radius 1 is 1.12 bits per heavy atom. The fourth-order valence-corrected chi connectivity index (χ4v) is 5.16. The van der Waals surface area contributed by atoms with E-state index in [0.29, 0.717) is 19.0 Å². The molecule has 0 saturated carbocycles. The number of thioether (sulfide) groups is 1. The number of likely N-dealkylation sites (tertiary alicyclic amines) is 1. The maximum Gasteiger partial charge on any atom is 0.233 e. The lowest BCUT2D eigenvalue weighted by Gasteiger charge is -2.26. The maximum absolute atomic E-state index is 13.2. The summed E-state index contributed by atoms with van der Waals surface area (Å²) in [4.78, 5) is 15.2. The third kappa shape index (κ3) is 4.07. The lowest BCUT2D eigenvalue weighted by atomic mass is 10.0. The van der Waals surface area contributed by atoms with Crippen LogP contribution in [0.2, 0.25) is 0 Å². The summed E-state index contributed by atoms with van der Waals surface area (Å²) in [6, 6.07) is 12.4. The minimum Gasteiger partial charge on any atom is -0.486 e. The monoisotopic (exact) mass is 450 g/mol. The highest BCUT2D eigenvalue weighted by Crippen LogP contribution is 2.38. The zero-order valence-electron chi connectivity index (χ0n) is 18.3. The number of aromatic nitrogens is 3. The molecule has 32 heavy (non-hydrogen) atoms. The van der Waals surface area contributed by atoms with Gasteiger partial charge in [0.25, 0.3) is 0 Å². The van der Waals surface area contributed by atoms with Crippen molar-refractivity contribution in [3.63, 3.8) is 0 Å². The lowest BCUT2D eigenvalue weighted by molar-refractivity contribution is -0.129. The smallest absolute Gasteiger partial charge is 0.233 e. The topological polar surface area (TPSA) is 69.5 Å². The molecule has 1 fully saturated rings. The molecule has 1 aromatic heterocycles. The lowest BCUT2D eigenvalue weighted by Crippen LogP contribution is -2.32. The van der Waals surface area contributed by atoms with Gasteiger partial charge >= 0.3 is 0 Å². The molecule has 3 heterocycles. The number of hydrogen-bond acceptors (Lipinski definition) is 6. The Morgan fingerprint density at radius 3 is 2.84 bits per heavy atom. The van der Waals surface area contributed by atoms with Gasteiger partial charge in [0.05, 0.1) is 17.5 Å². The number of carbonyl (C=O) groups is 1. The molecule has 3 aromatic rings. The molecule has 166 valence electrons. The highest BCUT2D eigenvalue weighted by Gasteiger charge is 2.31. The Balaban J connectivity index is 1.30. The highest BCUT2D eigenvalue weighted by molar-refractivity contribution is 7.99. The van der Waals surface area contributed by atoms with Crippen LogP contribution in [0.4, 0.5) is 0 Å². The molecule has 2 aliphatic heterocycles. The van der Waals surface area contributed by atoms with E-state index in [2.05, 4.69) is 42.2 Å². The van der Waals surface area contributed by atoms with Crippen LogP contribution in [0.25, 0.3) is 5.69 Å². The Labute approximate surface area is 191 Å². The number of ether oxygens (including phenoxy) is 2. The number of rotatable bonds is 5. The molecule has 5 rings (SSSR count). The Hall–Kier alpha value is -3.00. The van der Waals surface area contributed by atoms with Gasteiger partial charge in [-0.25, -0.2) is 0 Å². The minimum atomic E-state index is 0.0656. The van der Waals surface area contributed by atoms with Gasteiger partial charge < -0.3 is 14.4 Å². The molecule has 0 bridgehead atoms. The third-order valence-corrected chi connectivity index (χ3v) is 6.92. The van der Waals surface area contributed by atoms with Crippen LogP contribution in [0.15, 0.2) is 47.9 Å². The predicted octanol–water partition coefficient (Wildman–Crippen LogP) is 4.11. The van der Waals surface area contributed by atoms with Crippen molar-refractivity contribution in [3.05, 3.63) is 59.4 Å². The molecular weight excluding hydrogens is 424 g/mol. The number of amides is 1.